The molecule has 5 rings (SSSR count). The van der Waals surface area contributed by atoms with Crippen molar-refractivity contribution in [2.24, 2.45) is 0 Å². The molecule has 0 aliphatic heterocycles. The zero-order valence-corrected chi connectivity index (χ0v) is 18.5. The van der Waals surface area contributed by atoms with E-state index in [2.05, 4.69) is 29.2 Å². The molecular weight excluding hydrogens is 406 g/mol. The number of nitrogens with two attached hydrogens (primary N) is 1. The molecular formula is C25H25N3O2S. The first-order valence-electron chi connectivity index (χ1n) is 10.5. The summed E-state index contributed by atoms with van der Waals surface area (Å²) < 4.78 is 11.7. The van der Waals surface area contributed by atoms with Crippen LogP contribution in [0.1, 0.15) is 35.6 Å². The maximum Gasteiger partial charge on any atom is 0.182 e. The Bertz CT molecular complexity index is 1220. The Morgan fingerprint density at radius 3 is 2.32 bits per heavy atom. The van der Waals surface area contributed by atoms with Crippen molar-refractivity contribution in [2.45, 2.75) is 31.6 Å². The summed E-state index contributed by atoms with van der Waals surface area (Å²) in [7, 11) is 3.39. The standard InChI is InChI=1S/C25H25N3O2S/c1-29-18-10-6-15(7-11-18)14-17-4-3-5-20-21(16-8-12-19(30-2)13-9-16)23-24(27-22(17)20)28-25(26)31-23/h6-13,17H,3-5,14H2,1-2H3,(H2,26,27,28). The fourth-order valence-corrected chi connectivity index (χ4v) is 5.44. The minimum absolute atomic E-state index is 0.362. The molecule has 1 atom stereocenters. The highest BCUT2D eigenvalue weighted by molar-refractivity contribution is 7.22. The largest absolute Gasteiger partial charge is 0.497 e. The van der Waals surface area contributed by atoms with Gasteiger partial charge in [0.2, 0.25) is 0 Å². The van der Waals surface area contributed by atoms with Gasteiger partial charge in [-0.05, 0) is 66.6 Å². The van der Waals surface area contributed by atoms with E-state index in [1.54, 1.807) is 14.2 Å². The molecule has 0 spiro atoms. The van der Waals surface area contributed by atoms with E-state index in [0.29, 0.717) is 11.0 Å². The second kappa shape index (κ2) is 8.19. The number of pyridine rings is 1. The van der Waals surface area contributed by atoms with Crippen LogP contribution in [0, 0.1) is 0 Å². The van der Waals surface area contributed by atoms with Gasteiger partial charge in [0.25, 0.3) is 0 Å². The minimum Gasteiger partial charge on any atom is -0.497 e. The molecule has 0 saturated heterocycles. The van der Waals surface area contributed by atoms with Crippen LogP contribution in [0.2, 0.25) is 0 Å². The highest BCUT2D eigenvalue weighted by Crippen LogP contribution is 2.43. The molecule has 0 amide bonds. The quantitative estimate of drug-likeness (QED) is 0.444. The molecule has 31 heavy (non-hydrogen) atoms. The van der Waals surface area contributed by atoms with Gasteiger partial charge in [-0.2, -0.15) is 0 Å². The van der Waals surface area contributed by atoms with Gasteiger partial charge in [-0.1, -0.05) is 35.6 Å². The lowest BCUT2D eigenvalue weighted by atomic mass is 9.80. The molecule has 0 saturated carbocycles. The number of ether oxygens (including phenoxy) is 2. The van der Waals surface area contributed by atoms with E-state index < -0.39 is 0 Å². The summed E-state index contributed by atoms with van der Waals surface area (Å²) in [6.07, 6.45) is 4.26. The number of hydrogen-bond donors (Lipinski definition) is 1. The number of methoxy groups -OCH3 is 2. The fourth-order valence-electron chi connectivity index (χ4n) is 4.57. The number of aromatic nitrogens is 2. The monoisotopic (exact) mass is 431 g/mol. The number of nitrogen functional groups attached to an aromatic ring is 1. The van der Waals surface area contributed by atoms with Crippen LogP contribution in [0.15, 0.2) is 48.5 Å². The van der Waals surface area contributed by atoms with E-state index in [-0.39, 0.29) is 0 Å². The molecule has 0 fully saturated rings. The molecule has 2 aromatic heterocycles. The topological polar surface area (TPSA) is 70.3 Å². The number of hydrogen-bond acceptors (Lipinski definition) is 6. The van der Waals surface area contributed by atoms with E-state index in [0.717, 1.165) is 53.1 Å². The summed E-state index contributed by atoms with van der Waals surface area (Å²) in [5.41, 5.74) is 13.1. The van der Waals surface area contributed by atoms with E-state index >= 15 is 0 Å². The van der Waals surface area contributed by atoms with E-state index in [1.165, 1.54) is 33.7 Å². The SMILES string of the molecule is COc1ccc(CC2CCCc3c2nc2nc(N)sc2c3-c2ccc(OC)cc2)cc1. The first-order chi connectivity index (χ1) is 15.2. The molecule has 158 valence electrons. The number of thiazole rings is 1. The molecule has 4 aromatic rings. The maximum absolute atomic E-state index is 6.10. The van der Waals surface area contributed by atoms with Crippen LogP contribution in [0.4, 0.5) is 5.13 Å². The van der Waals surface area contributed by atoms with Crippen molar-refractivity contribution >= 4 is 26.8 Å². The lowest BCUT2D eigenvalue weighted by Gasteiger charge is -2.27. The van der Waals surface area contributed by atoms with Gasteiger partial charge in [-0.15, -0.1) is 0 Å². The van der Waals surface area contributed by atoms with Gasteiger partial charge in [-0.25, -0.2) is 9.97 Å². The summed E-state index contributed by atoms with van der Waals surface area (Å²) in [6.45, 7) is 0. The molecule has 6 heteroatoms. The molecule has 2 N–H and O–H groups in total. The Hall–Kier alpha value is -3.12. The molecule has 1 aliphatic carbocycles. The second-order valence-electron chi connectivity index (χ2n) is 7.93. The van der Waals surface area contributed by atoms with Gasteiger partial charge in [0.1, 0.15) is 11.5 Å². The average Bonchev–Trinajstić information content (AvgIpc) is 3.18. The van der Waals surface area contributed by atoms with Crippen LogP contribution in [0.25, 0.3) is 21.5 Å². The summed E-state index contributed by atoms with van der Waals surface area (Å²) in [6, 6.07) is 16.6. The van der Waals surface area contributed by atoms with Gasteiger partial charge in [0.15, 0.2) is 10.8 Å². The van der Waals surface area contributed by atoms with Gasteiger partial charge in [0.05, 0.1) is 24.6 Å². The Labute approximate surface area is 185 Å². The average molecular weight is 432 g/mol. The summed E-state index contributed by atoms with van der Waals surface area (Å²) in [5.74, 6) is 2.10. The van der Waals surface area contributed by atoms with E-state index in [1.807, 2.05) is 24.3 Å². The Balaban J connectivity index is 1.62. The lowest BCUT2D eigenvalue weighted by Crippen LogP contribution is -2.15. The van der Waals surface area contributed by atoms with Gasteiger partial charge < -0.3 is 15.2 Å². The van der Waals surface area contributed by atoms with E-state index in [4.69, 9.17) is 20.2 Å². The lowest BCUT2D eigenvalue weighted by molar-refractivity contribution is 0.414. The van der Waals surface area contributed by atoms with Crippen LogP contribution in [0.5, 0.6) is 11.5 Å². The first-order valence-corrected chi connectivity index (χ1v) is 11.3. The number of benzene rings is 2. The Morgan fingerprint density at radius 1 is 0.968 bits per heavy atom. The van der Waals surface area contributed by atoms with Crippen molar-refractivity contribution in [1.82, 2.24) is 9.97 Å². The number of fused-ring (bicyclic) bond motifs is 2. The smallest absolute Gasteiger partial charge is 0.182 e. The molecule has 1 aliphatic rings. The number of nitrogens with zero attached hydrogens (tertiary/aromatic N) is 2. The number of rotatable bonds is 5. The molecule has 1 unspecified atom stereocenters. The third-order valence-electron chi connectivity index (χ3n) is 6.08. The molecule has 2 aromatic carbocycles. The summed E-state index contributed by atoms with van der Waals surface area (Å²) in [5, 5.41) is 0.561. The van der Waals surface area contributed by atoms with Crippen LogP contribution in [0.3, 0.4) is 0 Å². The Morgan fingerprint density at radius 2 is 1.65 bits per heavy atom. The van der Waals surface area contributed by atoms with Crippen LogP contribution < -0.4 is 15.2 Å². The second-order valence-corrected chi connectivity index (χ2v) is 8.96. The van der Waals surface area contributed by atoms with Crippen LogP contribution in [-0.2, 0) is 12.8 Å². The van der Waals surface area contributed by atoms with Crippen LogP contribution in [-0.4, -0.2) is 24.2 Å². The minimum atomic E-state index is 0.362. The third-order valence-corrected chi connectivity index (χ3v) is 6.97. The Kier molecular flexibility index (Phi) is 5.24. The molecule has 0 radical (unpaired) electrons. The summed E-state index contributed by atoms with van der Waals surface area (Å²) in [4.78, 5) is 9.59. The molecule has 0 bridgehead atoms. The highest BCUT2D eigenvalue weighted by Gasteiger charge is 2.28. The van der Waals surface area contributed by atoms with E-state index in [9.17, 15) is 0 Å². The van der Waals surface area contributed by atoms with Crippen molar-refractivity contribution in [2.75, 3.05) is 20.0 Å². The van der Waals surface area contributed by atoms with Gasteiger partial charge in [-0.3, -0.25) is 0 Å². The van der Waals surface area contributed by atoms with Crippen molar-refractivity contribution in [3.8, 4) is 22.6 Å². The zero-order valence-electron chi connectivity index (χ0n) is 17.7. The zero-order chi connectivity index (χ0) is 21.4. The molecule has 5 nitrogen and oxygen atoms in total. The normalized spacial score (nSPS) is 15.6. The van der Waals surface area contributed by atoms with Crippen LogP contribution >= 0.6 is 11.3 Å². The maximum atomic E-state index is 6.10. The number of anilines is 1. The first kappa shape index (κ1) is 19.8. The predicted octanol–water partition coefficient (Wildman–Crippen LogP) is 5.62. The van der Waals surface area contributed by atoms with Gasteiger partial charge in [0, 0.05) is 11.5 Å². The highest BCUT2D eigenvalue weighted by atomic mass is 32.1. The fraction of sp³-hybridized carbons (Fsp3) is 0.280. The third kappa shape index (κ3) is 3.72. The molecule has 2 heterocycles. The van der Waals surface area contributed by atoms with Crippen molar-refractivity contribution in [3.05, 3.63) is 65.4 Å². The van der Waals surface area contributed by atoms with Crippen molar-refractivity contribution < 1.29 is 9.47 Å². The predicted molar refractivity (Wildman–Crippen MR) is 126 cm³/mol. The van der Waals surface area contributed by atoms with Crippen molar-refractivity contribution in [1.29, 1.82) is 0 Å². The van der Waals surface area contributed by atoms with Crippen molar-refractivity contribution in [3.63, 3.8) is 0 Å². The summed E-state index contributed by atoms with van der Waals surface area (Å²) >= 11 is 1.52. The van der Waals surface area contributed by atoms with Gasteiger partial charge >= 0.3 is 0 Å².